The minimum atomic E-state index is 0. The quantitative estimate of drug-likeness (QED) is 0.331. The standard InChI is InChI=1S/C23H32N4O2.HI/c1-17(2)27(4)16-19-9-6-5-8-18(19)15-25-23(24-3)26-20-10-11-21-22(14-20)29-13-7-12-28-21;/h5-6,8-11,14,17H,7,12-13,15-16H2,1-4H3,(H2,24,25,26);1H. The molecule has 30 heavy (non-hydrogen) atoms. The molecule has 2 aromatic rings. The minimum absolute atomic E-state index is 0. The van der Waals surface area contributed by atoms with Gasteiger partial charge in [-0.3, -0.25) is 9.89 Å². The van der Waals surface area contributed by atoms with Gasteiger partial charge in [0.2, 0.25) is 0 Å². The molecule has 0 atom stereocenters. The van der Waals surface area contributed by atoms with Crippen LogP contribution in [0.3, 0.4) is 0 Å². The third kappa shape index (κ3) is 6.77. The Kier molecular flexibility index (Phi) is 9.71. The molecule has 6 nitrogen and oxygen atoms in total. The molecule has 0 bridgehead atoms. The molecule has 2 aromatic carbocycles. The first-order valence-corrected chi connectivity index (χ1v) is 10.2. The monoisotopic (exact) mass is 524 g/mol. The van der Waals surface area contributed by atoms with Crippen LogP contribution in [0.25, 0.3) is 0 Å². The van der Waals surface area contributed by atoms with Crippen molar-refractivity contribution in [1.29, 1.82) is 0 Å². The third-order valence-electron chi connectivity index (χ3n) is 5.10. The summed E-state index contributed by atoms with van der Waals surface area (Å²) in [6.45, 7) is 7.40. The first-order chi connectivity index (χ1) is 14.1. The Morgan fingerprint density at radius 2 is 1.77 bits per heavy atom. The summed E-state index contributed by atoms with van der Waals surface area (Å²) >= 11 is 0. The minimum Gasteiger partial charge on any atom is -0.490 e. The lowest BCUT2D eigenvalue weighted by molar-refractivity contribution is 0.265. The van der Waals surface area contributed by atoms with Gasteiger partial charge in [0.05, 0.1) is 13.2 Å². The molecule has 0 fully saturated rings. The van der Waals surface area contributed by atoms with Crippen LogP contribution in [0.4, 0.5) is 5.69 Å². The zero-order valence-electron chi connectivity index (χ0n) is 18.3. The summed E-state index contributed by atoms with van der Waals surface area (Å²) in [4.78, 5) is 6.70. The number of fused-ring (bicyclic) bond motifs is 1. The van der Waals surface area contributed by atoms with Gasteiger partial charge in [0.15, 0.2) is 17.5 Å². The summed E-state index contributed by atoms with van der Waals surface area (Å²) in [5, 5.41) is 6.76. The Morgan fingerprint density at radius 3 is 2.47 bits per heavy atom. The van der Waals surface area contributed by atoms with E-state index < -0.39 is 0 Å². The molecule has 0 unspecified atom stereocenters. The van der Waals surface area contributed by atoms with Crippen molar-refractivity contribution in [3.8, 4) is 11.5 Å². The van der Waals surface area contributed by atoms with Crippen molar-refractivity contribution in [3.63, 3.8) is 0 Å². The lowest BCUT2D eigenvalue weighted by Gasteiger charge is -2.23. The molecular formula is C23H33IN4O2. The molecule has 7 heteroatoms. The van der Waals surface area contributed by atoms with Gasteiger partial charge in [0.25, 0.3) is 0 Å². The lowest BCUT2D eigenvalue weighted by Crippen LogP contribution is -2.31. The van der Waals surface area contributed by atoms with Crippen LogP contribution in [-0.4, -0.2) is 44.2 Å². The summed E-state index contributed by atoms with van der Waals surface area (Å²) in [6, 6.07) is 14.9. The predicted octanol–water partition coefficient (Wildman–Crippen LogP) is 4.49. The molecule has 0 radical (unpaired) electrons. The van der Waals surface area contributed by atoms with Gasteiger partial charge in [-0.05, 0) is 44.2 Å². The number of nitrogens with zero attached hydrogens (tertiary/aromatic N) is 2. The fourth-order valence-corrected chi connectivity index (χ4v) is 3.07. The van der Waals surface area contributed by atoms with Crippen molar-refractivity contribution in [2.24, 2.45) is 4.99 Å². The highest BCUT2D eigenvalue weighted by Gasteiger charge is 2.12. The van der Waals surface area contributed by atoms with Crippen LogP contribution < -0.4 is 20.1 Å². The maximum atomic E-state index is 5.78. The number of halogens is 1. The highest BCUT2D eigenvalue weighted by Crippen LogP contribution is 2.32. The average Bonchev–Trinajstić information content (AvgIpc) is 2.96. The number of hydrogen-bond donors (Lipinski definition) is 2. The van der Waals surface area contributed by atoms with Crippen LogP contribution in [-0.2, 0) is 13.1 Å². The van der Waals surface area contributed by atoms with Crippen LogP contribution in [0, 0.1) is 0 Å². The van der Waals surface area contributed by atoms with Gasteiger partial charge < -0.3 is 20.1 Å². The third-order valence-corrected chi connectivity index (χ3v) is 5.10. The topological polar surface area (TPSA) is 58.1 Å². The zero-order chi connectivity index (χ0) is 20.6. The summed E-state index contributed by atoms with van der Waals surface area (Å²) < 4.78 is 11.5. The second-order valence-corrected chi connectivity index (χ2v) is 7.54. The maximum absolute atomic E-state index is 5.78. The number of aliphatic imine (C=N–C) groups is 1. The number of ether oxygens (including phenoxy) is 2. The SMILES string of the molecule is CN=C(NCc1ccccc1CN(C)C(C)C)Nc1ccc2c(c1)OCCCO2.I. The fraction of sp³-hybridized carbons (Fsp3) is 0.435. The summed E-state index contributed by atoms with van der Waals surface area (Å²) in [6.07, 6.45) is 0.895. The van der Waals surface area contributed by atoms with Gasteiger partial charge in [-0.15, -0.1) is 24.0 Å². The van der Waals surface area contributed by atoms with E-state index in [9.17, 15) is 0 Å². The van der Waals surface area contributed by atoms with Crippen molar-refractivity contribution in [2.75, 3.05) is 32.6 Å². The van der Waals surface area contributed by atoms with Crippen LogP contribution in [0.5, 0.6) is 11.5 Å². The fourth-order valence-electron chi connectivity index (χ4n) is 3.07. The predicted molar refractivity (Wildman–Crippen MR) is 134 cm³/mol. The molecule has 0 amide bonds. The van der Waals surface area contributed by atoms with E-state index in [0.29, 0.717) is 31.8 Å². The van der Waals surface area contributed by atoms with E-state index in [2.05, 4.69) is 65.7 Å². The van der Waals surface area contributed by atoms with E-state index in [0.717, 1.165) is 30.2 Å². The average molecular weight is 524 g/mol. The van der Waals surface area contributed by atoms with Crippen LogP contribution >= 0.6 is 24.0 Å². The van der Waals surface area contributed by atoms with Gasteiger partial charge in [-0.25, -0.2) is 0 Å². The normalized spacial score (nSPS) is 13.6. The Morgan fingerprint density at radius 1 is 1.07 bits per heavy atom. The Labute approximate surface area is 197 Å². The molecule has 1 heterocycles. The molecular weight excluding hydrogens is 491 g/mol. The van der Waals surface area contributed by atoms with Crippen molar-refractivity contribution in [2.45, 2.75) is 39.4 Å². The molecule has 0 saturated carbocycles. The molecule has 1 aliphatic heterocycles. The molecule has 2 N–H and O–H groups in total. The van der Waals surface area contributed by atoms with Crippen LogP contribution in [0.15, 0.2) is 47.5 Å². The Bertz CT molecular complexity index is 842. The highest BCUT2D eigenvalue weighted by atomic mass is 127. The first-order valence-electron chi connectivity index (χ1n) is 10.2. The largest absolute Gasteiger partial charge is 0.490 e. The van der Waals surface area contributed by atoms with E-state index in [1.165, 1.54) is 11.1 Å². The molecule has 0 aliphatic carbocycles. The van der Waals surface area contributed by atoms with E-state index in [-0.39, 0.29) is 24.0 Å². The van der Waals surface area contributed by atoms with Gasteiger partial charge in [0, 0.05) is 44.4 Å². The molecule has 0 spiro atoms. The second kappa shape index (κ2) is 12.0. The Balaban J connectivity index is 0.00000320. The highest BCUT2D eigenvalue weighted by molar-refractivity contribution is 14.0. The molecule has 164 valence electrons. The Hall–Kier alpha value is -2.00. The summed E-state index contributed by atoms with van der Waals surface area (Å²) in [5.74, 6) is 2.27. The number of anilines is 1. The van der Waals surface area contributed by atoms with Crippen molar-refractivity contribution >= 4 is 35.6 Å². The molecule has 1 aliphatic rings. The number of guanidine groups is 1. The number of nitrogens with one attached hydrogen (secondary N) is 2. The first kappa shape index (κ1) is 24.3. The van der Waals surface area contributed by atoms with E-state index in [1.807, 2.05) is 18.2 Å². The van der Waals surface area contributed by atoms with Gasteiger partial charge in [-0.1, -0.05) is 24.3 Å². The van der Waals surface area contributed by atoms with Crippen molar-refractivity contribution in [1.82, 2.24) is 10.2 Å². The molecule has 3 rings (SSSR count). The van der Waals surface area contributed by atoms with Gasteiger partial charge in [0.1, 0.15) is 0 Å². The second-order valence-electron chi connectivity index (χ2n) is 7.54. The van der Waals surface area contributed by atoms with E-state index >= 15 is 0 Å². The van der Waals surface area contributed by atoms with Gasteiger partial charge in [-0.2, -0.15) is 0 Å². The van der Waals surface area contributed by atoms with Gasteiger partial charge >= 0.3 is 0 Å². The maximum Gasteiger partial charge on any atom is 0.195 e. The van der Waals surface area contributed by atoms with E-state index in [1.54, 1.807) is 7.05 Å². The zero-order valence-corrected chi connectivity index (χ0v) is 20.6. The summed E-state index contributed by atoms with van der Waals surface area (Å²) in [5.41, 5.74) is 3.50. The number of hydrogen-bond acceptors (Lipinski definition) is 4. The van der Waals surface area contributed by atoms with Crippen molar-refractivity contribution in [3.05, 3.63) is 53.6 Å². The van der Waals surface area contributed by atoms with Crippen LogP contribution in [0.1, 0.15) is 31.4 Å². The van der Waals surface area contributed by atoms with Crippen LogP contribution in [0.2, 0.25) is 0 Å². The van der Waals surface area contributed by atoms with E-state index in [4.69, 9.17) is 9.47 Å². The summed E-state index contributed by atoms with van der Waals surface area (Å²) in [7, 11) is 3.93. The van der Waals surface area contributed by atoms with Crippen molar-refractivity contribution < 1.29 is 9.47 Å². The smallest absolute Gasteiger partial charge is 0.195 e. The lowest BCUT2D eigenvalue weighted by atomic mass is 10.1. The number of benzene rings is 2. The molecule has 0 saturated heterocycles. The molecule has 0 aromatic heterocycles. The number of rotatable bonds is 6.